The third kappa shape index (κ3) is 2.80. The summed E-state index contributed by atoms with van der Waals surface area (Å²) in [6.07, 6.45) is 0. The summed E-state index contributed by atoms with van der Waals surface area (Å²) in [7, 11) is 1.70. The third-order valence-electron chi connectivity index (χ3n) is 1.15. The number of hydrogen-bond donors (Lipinski definition) is 0. The highest BCUT2D eigenvalue weighted by Crippen LogP contribution is 1.98. The molecule has 56 valence electrons. The molecule has 1 rings (SSSR count). The van der Waals surface area contributed by atoms with Gasteiger partial charge < -0.3 is 4.74 Å². The molecule has 1 aromatic carbocycles. The smallest absolute Gasteiger partial charge is 0.0713 e. The summed E-state index contributed by atoms with van der Waals surface area (Å²) in [6.45, 7) is 0.709. The van der Waals surface area contributed by atoms with Gasteiger partial charge in [-0.1, -0.05) is 30.3 Å². The maximum atomic E-state index is 4.93. The molecule has 0 aliphatic carbocycles. The van der Waals surface area contributed by atoms with Gasteiger partial charge in [-0.2, -0.15) is 0 Å². The minimum Gasteiger partial charge on any atom is -0.380 e. The van der Waals surface area contributed by atoms with E-state index in [2.05, 4.69) is 0 Å². The fourth-order valence-corrected chi connectivity index (χ4v) is 0.741. The van der Waals surface area contributed by atoms with Crippen LogP contribution in [0.15, 0.2) is 30.3 Å². The van der Waals surface area contributed by atoms with Gasteiger partial charge in [0.2, 0.25) is 0 Å². The zero-order chi connectivity index (χ0) is 6.53. The lowest BCUT2D eigenvalue weighted by Crippen LogP contribution is -1.84. The Kier molecular flexibility index (Phi) is 4.89. The molecule has 2 heteroatoms. The third-order valence-corrected chi connectivity index (χ3v) is 1.15. The van der Waals surface area contributed by atoms with Crippen LogP contribution in [-0.4, -0.2) is 18.1 Å². The summed E-state index contributed by atoms with van der Waals surface area (Å²) in [5, 5.41) is 0. The van der Waals surface area contributed by atoms with Gasteiger partial charge in [0, 0.05) is 7.11 Å². The van der Waals surface area contributed by atoms with Crippen molar-refractivity contribution < 1.29 is 4.74 Å². The van der Waals surface area contributed by atoms with Crippen molar-refractivity contribution in [1.82, 2.24) is 0 Å². The summed E-state index contributed by atoms with van der Waals surface area (Å²) in [4.78, 5) is 0. The molecule has 0 saturated carbocycles. The highest BCUT2D eigenvalue weighted by Gasteiger charge is 1.84. The van der Waals surface area contributed by atoms with Crippen molar-refractivity contribution in [3.05, 3.63) is 35.9 Å². The normalized spacial score (nSPS) is 8.50. The van der Waals surface area contributed by atoms with Gasteiger partial charge in [-0.25, -0.2) is 0 Å². The number of methoxy groups -OCH3 is 1. The average Bonchev–Trinajstić information content (AvgIpc) is 1.91. The Bertz CT molecular complexity index is 162. The van der Waals surface area contributed by atoms with E-state index < -0.39 is 0 Å². The van der Waals surface area contributed by atoms with Gasteiger partial charge in [0.1, 0.15) is 0 Å². The standard InChI is InChI=1S/C8H10O.H4Si/c1-9-7-8-5-3-2-4-6-8;/h2-6H,7H2,1H3;1H4. The Morgan fingerprint density at radius 1 is 1.20 bits per heavy atom. The second kappa shape index (κ2) is 5.20. The summed E-state index contributed by atoms with van der Waals surface area (Å²) >= 11 is 0. The number of ether oxygens (including phenoxy) is 1. The van der Waals surface area contributed by atoms with Crippen molar-refractivity contribution in [1.29, 1.82) is 0 Å². The molecule has 0 amide bonds. The Morgan fingerprint density at radius 3 is 2.30 bits per heavy atom. The Labute approximate surface area is 66.0 Å². The first-order chi connectivity index (χ1) is 4.43. The van der Waals surface area contributed by atoms with E-state index in [1.165, 1.54) is 5.56 Å². The van der Waals surface area contributed by atoms with Gasteiger partial charge in [0.15, 0.2) is 0 Å². The molecule has 0 aromatic heterocycles. The first-order valence-electron chi connectivity index (χ1n) is 2.96. The van der Waals surface area contributed by atoms with Gasteiger partial charge in [0.05, 0.1) is 6.61 Å². The van der Waals surface area contributed by atoms with E-state index in [0.717, 1.165) is 0 Å². The molecule has 0 N–H and O–H groups in total. The summed E-state index contributed by atoms with van der Waals surface area (Å²) < 4.78 is 4.93. The van der Waals surface area contributed by atoms with Crippen LogP contribution in [0.2, 0.25) is 0 Å². The lowest BCUT2D eigenvalue weighted by atomic mass is 10.2. The average molecular weight is 154 g/mol. The van der Waals surface area contributed by atoms with Crippen molar-refractivity contribution in [3.8, 4) is 0 Å². The van der Waals surface area contributed by atoms with Crippen LogP contribution < -0.4 is 0 Å². The largest absolute Gasteiger partial charge is 0.380 e. The summed E-state index contributed by atoms with van der Waals surface area (Å²) in [5.41, 5.74) is 1.22. The highest BCUT2D eigenvalue weighted by atomic mass is 28.1. The van der Waals surface area contributed by atoms with Crippen LogP contribution in [0.25, 0.3) is 0 Å². The Morgan fingerprint density at radius 2 is 1.80 bits per heavy atom. The first-order valence-corrected chi connectivity index (χ1v) is 2.96. The fraction of sp³-hybridized carbons (Fsp3) is 0.250. The van der Waals surface area contributed by atoms with Crippen LogP contribution in [0.1, 0.15) is 5.56 Å². The van der Waals surface area contributed by atoms with Crippen molar-refractivity contribution >= 4 is 11.0 Å². The molecule has 0 saturated heterocycles. The molecule has 0 aliphatic rings. The summed E-state index contributed by atoms with van der Waals surface area (Å²) in [5.74, 6) is 0. The molecule has 0 unspecified atom stereocenters. The van der Waals surface area contributed by atoms with Crippen LogP contribution in [0, 0.1) is 0 Å². The lowest BCUT2D eigenvalue weighted by molar-refractivity contribution is 0.185. The molecule has 0 radical (unpaired) electrons. The second-order valence-corrected chi connectivity index (χ2v) is 1.92. The van der Waals surface area contributed by atoms with Gasteiger partial charge in [-0.05, 0) is 16.5 Å². The van der Waals surface area contributed by atoms with Crippen molar-refractivity contribution in [3.63, 3.8) is 0 Å². The van der Waals surface area contributed by atoms with Crippen molar-refractivity contribution in [2.24, 2.45) is 0 Å². The molecule has 0 fully saturated rings. The van der Waals surface area contributed by atoms with Gasteiger partial charge in [-0.3, -0.25) is 0 Å². The molecule has 0 spiro atoms. The second-order valence-electron chi connectivity index (χ2n) is 1.92. The van der Waals surface area contributed by atoms with E-state index in [0.29, 0.717) is 6.61 Å². The molecule has 0 heterocycles. The topological polar surface area (TPSA) is 9.23 Å². The van der Waals surface area contributed by atoms with E-state index in [-0.39, 0.29) is 11.0 Å². The Balaban J connectivity index is 0.000000810. The monoisotopic (exact) mass is 154 g/mol. The van der Waals surface area contributed by atoms with Crippen LogP contribution in [-0.2, 0) is 11.3 Å². The van der Waals surface area contributed by atoms with Gasteiger partial charge in [0.25, 0.3) is 0 Å². The zero-order valence-corrected chi connectivity index (χ0v) is 5.50. The van der Waals surface area contributed by atoms with Gasteiger partial charge >= 0.3 is 0 Å². The number of benzene rings is 1. The lowest BCUT2D eigenvalue weighted by Gasteiger charge is -1.95. The van der Waals surface area contributed by atoms with Crippen LogP contribution in [0.5, 0.6) is 0 Å². The minimum absolute atomic E-state index is 0. The quantitative estimate of drug-likeness (QED) is 0.560. The maximum Gasteiger partial charge on any atom is 0.0713 e. The van der Waals surface area contributed by atoms with Crippen LogP contribution in [0.4, 0.5) is 0 Å². The molecule has 1 nitrogen and oxygen atoms in total. The van der Waals surface area contributed by atoms with E-state index in [4.69, 9.17) is 4.74 Å². The fourth-order valence-electron chi connectivity index (χ4n) is 0.741. The van der Waals surface area contributed by atoms with E-state index in [1.807, 2.05) is 30.3 Å². The van der Waals surface area contributed by atoms with Gasteiger partial charge in [-0.15, -0.1) is 0 Å². The molecule has 0 bridgehead atoms. The molecule has 0 atom stereocenters. The molecule has 10 heavy (non-hydrogen) atoms. The zero-order valence-electron chi connectivity index (χ0n) is 5.50. The molecule has 1 aromatic rings. The van der Waals surface area contributed by atoms with E-state index in [1.54, 1.807) is 7.11 Å². The van der Waals surface area contributed by atoms with Crippen molar-refractivity contribution in [2.45, 2.75) is 6.61 Å². The highest BCUT2D eigenvalue weighted by molar-refractivity contribution is 5.75. The molecule has 0 aliphatic heterocycles. The molecular weight excluding hydrogens is 140 g/mol. The molecular formula is C8H14OSi. The number of rotatable bonds is 2. The minimum atomic E-state index is 0. The predicted octanol–water partition coefficient (Wildman–Crippen LogP) is 0.381. The van der Waals surface area contributed by atoms with Crippen LogP contribution >= 0.6 is 0 Å². The van der Waals surface area contributed by atoms with Crippen molar-refractivity contribution in [2.75, 3.05) is 7.11 Å². The number of hydrogen-bond acceptors (Lipinski definition) is 1. The first kappa shape index (κ1) is 9.40. The van der Waals surface area contributed by atoms with E-state index in [9.17, 15) is 0 Å². The summed E-state index contributed by atoms with van der Waals surface area (Å²) in [6, 6.07) is 10.1. The predicted molar refractivity (Wildman–Crippen MR) is 48.5 cm³/mol. The van der Waals surface area contributed by atoms with E-state index >= 15 is 0 Å². The maximum absolute atomic E-state index is 4.93. The Hall–Kier alpha value is -0.603. The van der Waals surface area contributed by atoms with Crippen LogP contribution in [0.3, 0.4) is 0 Å². The SMILES string of the molecule is COCc1ccccc1.[SiH4].